The Bertz CT molecular complexity index is 1950. The first-order valence-corrected chi connectivity index (χ1v) is 15.7. The summed E-state index contributed by atoms with van der Waals surface area (Å²) < 4.78 is 0. The molecule has 6 heteroatoms. The lowest BCUT2D eigenvalue weighted by Gasteiger charge is -2.55. The van der Waals surface area contributed by atoms with Crippen molar-refractivity contribution in [2.45, 2.75) is 24.2 Å². The van der Waals surface area contributed by atoms with E-state index in [1.165, 1.54) is 11.0 Å². The van der Waals surface area contributed by atoms with E-state index in [0.717, 1.165) is 16.7 Å². The van der Waals surface area contributed by atoms with E-state index >= 15 is 0 Å². The zero-order valence-electron chi connectivity index (χ0n) is 25.0. The zero-order chi connectivity index (χ0) is 31.6. The molecule has 2 amide bonds. The van der Waals surface area contributed by atoms with Crippen LogP contribution in [0.3, 0.4) is 0 Å². The second-order valence-corrected chi connectivity index (χ2v) is 12.7. The molecule has 0 spiro atoms. The van der Waals surface area contributed by atoms with E-state index in [0.29, 0.717) is 23.2 Å². The van der Waals surface area contributed by atoms with Crippen LogP contribution >= 0.6 is 0 Å². The largest absolute Gasteiger partial charge is 0.508 e. The van der Waals surface area contributed by atoms with Crippen LogP contribution in [0, 0.1) is 23.7 Å². The molecule has 0 radical (unpaired) electrons. The SMILES string of the molecule is O=C1C(c2ccccc2)=CC(=O)C2(c3ccccc3)C1CC1C(=CCC3C(=O)N(c4ccccc4)C(=O)C31)C2c1ccc(O)cc1. The number of aromatic hydroxyl groups is 1. The molecule has 6 unspecified atom stereocenters. The Hall–Kier alpha value is -5.36. The van der Waals surface area contributed by atoms with Crippen LogP contribution in [0.25, 0.3) is 5.57 Å². The quantitative estimate of drug-likeness (QED) is 0.214. The lowest BCUT2D eigenvalue weighted by atomic mass is 9.44. The monoisotopic (exact) mass is 605 g/mol. The zero-order valence-corrected chi connectivity index (χ0v) is 25.0. The van der Waals surface area contributed by atoms with Crippen LogP contribution in [-0.2, 0) is 24.6 Å². The van der Waals surface area contributed by atoms with Gasteiger partial charge in [-0.1, -0.05) is 103 Å². The second-order valence-electron chi connectivity index (χ2n) is 12.7. The molecule has 1 saturated carbocycles. The molecule has 4 aromatic rings. The van der Waals surface area contributed by atoms with Gasteiger partial charge in [-0.2, -0.15) is 0 Å². The number of para-hydroxylation sites is 1. The molecule has 226 valence electrons. The summed E-state index contributed by atoms with van der Waals surface area (Å²) in [5.41, 5.74) is 2.71. The van der Waals surface area contributed by atoms with Gasteiger partial charge in [0.2, 0.25) is 11.8 Å². The van der Waals surface area contributed by atoms with Crippen molar-refractivity contribution in [2.24, 2.45) is 23.7 Å². The standard InChI is InChI=1S/C40H31NO5/c42-28-18-16-25(17-19-28)36-29-20-21-30-35(39(46)41(38(30)45)27-14-8-3-9-15-27)32(29)22-33-37(44)31(24-10-4-1-5-11-24)23-34(43)40(33,36)26-12-6-2-7-13-26/h1-20,23,30,32-33,35-36,42H,21-22H2. The maximum Gasteiger partial charge on any atom is 0.238 e. The summed E-state index contributed by atoms with van der Waals surface area (Å²) in [6.07, 6.45) is 4.19. The van der Waals surface area contributed by atoms with Gasteiger partial charge in [-0.3, -0.25) is 24.1 Å². The van der Waals surface area contributed by atoms with Crippen molar-refractivity contribution >= 4 is 34.6 Å². The van der Waals surface area contributed by atoms with Crippen molar-refractivity contribution in [2.75, 3.05) is 4.90 Å². The normalized spacial score (nSPS) is 28.6. The first-order valence-electron chi connectivity index (χ1n) is 15.7. The third-order valence-electron chi connectivity index (χ3n) is 10.6. The molecule has 4 aromatic carbocycles. The van der Waals surface area contributed by atoms with Crippen LogP contribution in [0.15, 0.2) is 133 Å². The van der Waals surface area contributed by atoms with E-state index in [-0.39, 0.29) is 35.6 Å². The predicted molar refractivity (Wildman–Crippen MR) is 174 cm³/mol. The van der Waals surface area contributed by atoms with E-state index in [1.807, 2.05) is 78.9 Å². The molecule has 4 aliphatic rings. The van der Waals surface area contributed by atoms with Gasteiger partial charge < -0.3 is 5.11 Å². The number of ketones is 2. The maximum atomic E-state index is 15.0. The van der Waals surface area contributed by atoms with E-state index in [9.17, 15) is 24.3 Å². The minimum Gasteiger partial charge on any atom is -0.508 e. The van der Waals surface area contributed by atoms with Crippen LogP contribution in [-0.4, -0.2) is 28.5 Å². The average molecular weight is 606 g/mol. The van der Waals surface area contributed by atoms with Gasteiger partial charge in [0, 0.05) is 17.4 Å². The van der Waals surface area contributed by atoms with E-state index < -0.39 is 35.0 Å². The Morgan fingerprint density at radius 3 is 2.00 bits per heavy atom. The van der Waals surface area contributed by atoms with Crippen LogP contribution in [0.2, 0.25) is 0 Å². The number of fused-ring (bicyclic) bond motifs is 4. The first-order chi connectivity index (χ1) is 22.4. The third kappa shape index (κ3) is 3.96. The van der Waals surface area contributed by atoms with Crippen molar-refractivity contribution in [3.63, 3.8) is 0 Å². The molecule has 1 saturated heterocycles. The third-order valence-corrected chi connectivity index (χ3v) is 10.6. The summed E-state index contributed by atoms with van der Waals surface area (Å²) in [4.78, 5) is 59.3. The molecule has 8 rings (SSSR count). The molecule has 0 bridgehead atoms. The van der Waals surface area contributed by atoms with Gasteiger partial charge in [0.25, 0.3) is 0 Å². The summed E-state index contributed by atoms with van der Waals surface area (Å²) in [6.45, 7) is 0. The number of benzene rings is 4. The molecule has 6 atom stereocenters. The van der Waals surface area contributed by atoms with Crippen molar-refractivity contribution in [1.29, 1.82) is 0 Å². The highest BCUT2D eigenvalue weighted by Crippen LogP contribution is 2.63. The molecule has 1 N–H and O–H groups in total. The average Bonchev–Trinajstić information content (AvgIpc) is 3.36. The molecule has 1 aliphatic heterocycles. The van der Waals surface area contributed by atoms with Crippen LogP contribution < -0.4 is 4.90 Å². The smallest absolute Gasteiger partial charge is 0.238 e. The number of imide groups is 1. The fourth-order valence-corrected chi connectivity index (χ4v) is 8.75. The molecular weight excluding hydrogens is 574 g/mol. The Morgan fingerprint density at radius 2 is 1.33 bits per heavy atom. The van der Waals surface area contributed by atoms with Gasteiger partial charge in [-0.15, -0.1) is 0 Å². The van der Waals surface area contributed by atoms with Crippen molar-refractivity contribution < 1.29 is 24.3 Å². The number of carbonyl (C=O) groups is 4. The minimum absolute atomic E-state index is 0.0893. The van der Waals surface area contributed by atoms with Crippen LogP contribution in [0.1, 0.15) is 35.4 Å². The van der Waals surface area contributed by atoms with Crippen molar-refractivity contribution in [3.8, 4) is 5.75 Å². The van der Waals surface area contributed by atoms with Gasteiger partial charge >= 0.3 is 0 Å². The highest BCUT2D eigenvalue weighted by molar-refractivity contribution is 6.32. The molecular formula is C40H31NO5. The van der Waals surface area contributed by atoms with Gasteiger partial charge in [0.15, 0.2) is 11.6 Å². The second kappa shape index (κ2) is 10.6. The number of phenolic OH excluding ortho intramolecular Hbond substituents is 1. The van der Waals surface area contributed by atoms with Crippen molar-refractivity contribution in [3.05, 3.63) is 150 Å². The van der Waals surface area contributed by atoms with Crippen LogP contribution in [0.4, 0.5) is 5.69 Å². The van der Waals surface area contributed by atoms with Gasteiger partial charge in [0.1, 0.15) is 5.75 Å². The summed E-state index contributed by atoms with van der Waals surface area (Å²) in [6, 6.07) is 34.5. The number of nitrogens with zero attached hydrogens (tertiary/aromatic N) is 1. The number of hydrogen-bond donors (Lipinski definition) is 1. The Morgan fingerprint density at radius 1 is 0.696 bits per heavy atom. The highest BCUT2D eigenvalue weighted by Gasteiger charge is 2.65. The van der Waals surface area contributed by atoms with Crippen LogP contribution in [0.5, 0.6) is 5.75 Å². The van der Waals surface area contributed by atoms with Crippen molar-refractivity contribution in [1.82, 2.24) is 0 Å². The van der Waals surface area contributed by atoms with E-state index in [2.05, 4.69) is 6.08 Å². The summed E-state index contributed by atoms with van der Waals surface area (Å²) in [5.74, 6) is -3.74. The first kappa shape index (κ1) is 28.1. The topological polar surface area (TPSA) is 91.8 Å². The number of anilines is 1. The number of carbonyl (C=O) groups excluding carboxylic acids is 4. The number of Topliss-reactive ketones (excluding diaryl/α,β-unsaturated/α-hetero) is 1. The predicted octanol–water partition coefficient (Wildman–Crippen LogP) is 6.42. The fourth-order valence-electron chi connectivity index (χ4n) is 8.75. The molecule has 3 aliphatic carbocycles. The Kier molecular flexibility index (Phi) is 6.50. The Balaban J connectivity index is 1.36. The summed E-state index contributed by atoms with van der Waals surface area (Å²) in [7, 11) is 0. The molecule has 46 heavy (non-hydrogen) atoms. The summed E-state index contributed by atoms with van der Waals surface area (Å²) in [5, 5.41) is 10.2. The number of hydrogen-bond acceptors (Lipinski definition) is 5. The number of rotatable bonds is 4. The molecule has 0 aromatic heterocycles. The molecule has 6 nitrogen and oxygen atoms in total. The van der Waals surface area contributed by atoms with Gasteiger partial charge in [-0.05, 0) is 65.8 Å². The number of allylic oxidation sites excluding steroid dienone is 4. The lowest BCUT2D eigenvalue weighted by Crippen LogP contribution is -2.58. The number of phenols is 1. The maximum absolute atomic E-state index is 15.0. The lowest BCUT2D eigenvalue weighted by molar-refractivity contribution is -0.135. The Labute approximate surface area is 266 Å². The summed E-state index contributed by atoms with van der Waals surface area (Å²) >= 11 is 0. The fraction of sp³-hybridized carbons (Fsp3) is 0.200. The molecule has 2 fully saturated rings. The minimum atomic E-state index is -1.28. The van der Waals surface area contributed by atoms with E-state index in [1.54, 1.807) is 36.4 Å². The highest BCUT2D eigenvalue weighted by atomic mass is 16.3. The van der Waals surface area contributed by atoms with E-state index in [4.69, 9.17) is 0 Å². The van der Waals surface area contributed by atoms with Gasteiger partial charge in [0.05, 0.1) is 22.9 Å². The van der Waals surface area contributed by atoms with Gasteiger partial charge in [-0.25, -0.2) is 0 Å². The molecule has 1 heterocycles. The number of amides is 2.